The van der Waals surface area contributed by atoms with Crippen molar-refractivity contribution in [3.63, 3.8) is 0 Å². The number of piperazine rings is 1. The summed E-state index contributed by atoms with van der Waals surface area (Å²) >= 11 is 0. The van der Waals surface area contributed by atoms with E-state index in [0.29, 0.717) is 36.7 Å². The molecule has 0 aliphatic carbocycles. The van der Waals surface area contributed by atoms with Crippen LogP contribution in [0.1, 0.15) is 33.2 Å². The molecule has 1 aromatic heterocycles. The summed E-state index contributed by atoms with van der Waals surface area (Å²) in [4.78, 5) is 36.1. The lowest BCUT2D eigenvalue weighted by atomic mass is 9.95. The van der Waals surface area contributed by atoms with Gasteiger partial charge in [0.05, 0.1) is 24.8 Å². The van der Waals surface area contributed by atoms with Crippen LogP contribution in [0.3, 0.4) is 0 Å². The number of esters is 1. The number of aromatic nitrogens is 1. The highest BCUT2D eigenvalue weighted by molar-refractivity contribution is 5.97. The molecule has 2 aliphatic rings. The molecule has 5 rings (SSSR count). The van der Waals surface area contributed by atoms with Gasteiger partial charge in [-0.25, -0.2) is 14.6 Å². The van der Waals surface area contributed by atoms with Gasteiger partial charge in [0.1, 0.15) is 12.4 Å². The lowest BCUT2D eigenvalue weighted by Crippen LogP contribution is -2.51. The molecule has 0 spiro atoms. The smallest absolute Gasteiger partial charge is 0.338 e. The first-order valence-corrected chi connectivity index (χ1v) is 10.7. The molecular weight excluding hydrogens is 420 g/mol. The summed E-state index contributed by atoms with van der Waals surface area (Å²) < 4.78 is 5.09. The molecule has 166 valence electrons. The number of rotatable bonds is 4. The molecule has 1 amide bonds. The number of hydrogen-bond donors (Lipinski definition) is 1. The molecule has 1 N–H and O–H groups in total. The van der Waals surface area contributed by atoms with E-state index in [9.17, 15) is 14.7 Å². The van der Waals surface area contributed by atoms with Crippen molar-refractivity contribution in [3.8, 4) is 0 Å². The standard InChI is InChI=1S/C25H22N4O4/c1-15-19(5-6-20-21(15)14-33-25(20)32)22(30)12-28-7-8-29(24(31)13-28)23-10-16-3-4-18(26-2)9-17(16)11-27-23/h3-6,9-11,22,30H,7-8,12-14H2,1H3/t22-/m0/s1. The number of carbonyl (C=O) groups excluding carboxylic acids is 2. The highest BCUT2D eigenvalue weighted by Gasteiger charge is 2.29. The van der Waals surface area contributed by atoms with E-state index in [1.54, 1.807) is 35.4 Å². The number of pyridine rings is 1. The minimum atomic E-state index is -0.777. The molecule has 0 radical (unpaired) electrons. The third kappa shape index (κ3) is 3.82. The number of aliphatic hydroxyl groups excluding tert-OH is 1. The second-order valence-corrected chi connectivity index (χ2v) is 8.36. The maximum Gasteiger partial charge on any atom is 0.338 e. The van der Waals surface area contributed by atoms with Gasteiger partial charge in [-0.1, -0.05) is 18.2 Å². The molecular formula is C25H22N4O4. The molecule has 8 nitrogen and oxygen atoms in total. The van der Waals surface area contributed by atoms with Crippen LogP contribution in [0.15, 0.2) is 42.6 Å². The van der Waals surface area contributed by atoms with Crippen molar-refractivity contribution >= 4 is 34.2 Å². The van der Waals surface area contributed by atoms with Gasteiger partial charge >= 0.3 is 5.97 Å². The van der Waals surface area contributed by atoms with E-state index in [1.165, 1.54) is 0 Å². The Morgan fingerprint density at radius 1 is 1.18 bits per heavy atom. The maximum absolute atomic E-state index is 12.9. The number of β-amino-alcohol motifs (C(OH)–C–C–N with tert-alkyl or cyclic N) is 1. The average Bonchev–Trinajstić information content (AvgIpc) is 3.20. The third-order valence-corrected chi connectivity index (χ3v) is 6.39. The van der Waals surface area contributed by atoms with E-state index in [-0.39, 0.29) is 25.0 Å². The normalized spacial score (nSPS) is 17.1. The molecule has 0 bridgehead atoms. The number of anilines is 1. The molecule has 8 heteroatoms. The van der Waals surface area contributed by atoms with Crippen LogP contribution in [0, 0.1) is 13.5 Å². The van der Waals surface area contributed by atoms with Crippen LogP contribution in [0.4, 0.5) is 11.5 Å². The maximum atomic E-state index is 12.9. The molecule has 0 unspecified atom stereocenters. The second kappa shape index (κ2) is 8.28. The van der Waals surface area contributed by atoms with Crippen LogP contribution in [0.5, 0.6) is 0 Å². The molecule has 1 saturated heterocycles. The highest BCUT2D eigenvalue weighted by Crippen LogP contribution is 2.30. The fraction of sp³-hybridized carbons (Fsp3) is 0.280. The Morgan fingerprint density at radius 2 is 2.03 bits per heavy atom. The summed E-state index contributed by atoms with van der Waals surface area (Å²) in [7, 11) is 0. The fourth-order valence-electron chi connectivity index (χ4n) is 4.53. The van der Waals surface area contributed by atoms with E-state index < -0.39 is 6.10 Å². The number of cyclic esters (lactones) is 1. The summed E-state index contributed by atoms with van der Waals surface area (Å²) in [5.41, 5.74) is 3.54. The van der Waals surface area contributed by atoms with Gasteiger partial charge in [0.2, 0.25) is 5.91 Å². The first-order chi connectivity index (χ1) is 15.9. The van der Waals surface area contributed by atoms with E-state index >= 15 is 0 Å². The molecule has 2 aliphatic heterocycles. The monoisotopic (exact) mass is 442 g/mol. The van der Waals surface area contributed by atoms with Crippen molar-refractivity contribution in [2.45, 2.75) is 19.6 Å². The van der Waals surface area contributed by atoms with E-state index in [0.717, 1.165) is 27.5 Å². The zero-order chi connectivity index (χ0) is 23.1. The van der Waals surface area contributed by atoms with E-state index in [1.807, 2.05) is 24.0 Å². The van der Waals surface area contributed by atoms with Crippen molar-refractivity contribution in [1.82, 2.24) is 9.88 Å². The predicted molar refractivity (Wildman–Crippen MR) is 122 cm³/mol. The summed E-state index contributed by atoms with van der Waals surface area (Å²) in [6, 6.07) is 10.7. The summed E-state index contributed by atoms with van der Waals surface area (Å²) in [6.45, 7) is 10.8. The van der Waals surface area contributed by atoms with Crippen molar-refractivity contribution < 1.29 is 19.4 Å². The number of amides is 1. The van der Waals surface area contributed by atoms with Crippen molar-refractivity contribution in [2.24, 2.45) is 0 Å². The number of nitrogens with zero attached hydrogens (tertiary/aromatic N) is 4. The van der Waals surface area contributed by atoms with Gasteiger partial charge in [0.25, 0.3) is 0 Å². The van der Waals surface area contributed by atoms with Crippen LogP contribution in [-0.2, 0) is 16.1 Å². The van der Waals surface area contributed by atoms with Crippen LogP contribution >= 0.6 is 0 Å². The van der Waals surface area contributed by atoms with Crippen LogP contribution < -0.4 is 4.90 Å². The number of hydrogen-bond acceptors (Lipinski definition) is 6. The molecule has 33 heavy (non-hydrogen) atoms. The number of fused-ring (bicyclic) bond motifs is 2. The van der Waals surface area contributed by atoms with Gasteiger partial charge in [-0.3, -0.25) is 14.6 Å². The average molecular weight is 442 g/mol. The van der Waals surface area contributed by atoms with Crippen LogP contribution in [0.2, 0.25) is 0 Å². The van der Waals surface area contributed by atoms with Gasteiger partial charge in [0, 0.05) is 31.4 Å². The number of benzene rings is 2. The van der Waals surface area contributed by atoms with Crippen molar-refractivity contribution in [2.75, 3.05) is 31.1 Å². The number of ether oxygens (including phenoxy) is 1. The second-order valence-electron chi connectivity index (χ2n) is 8.36. The van der Waals surface area contributed by atoms with Gasteiger partial charge in [-0.05, 0) is 47.0 Å². The zero-order valence-electron chi connectivity index (χ0n) is 18.1. The van der Waals surface area contributed by atoms with Gasteiger partial charge in [0.15, 0.2) is 5.69 Å². The Kier molecular flexibility index (Phi) is 5.29. The Morgan fingerprint density at radius 3 is 2.82 bits per heavy atom. The Bertz CT molecular complexity index is 1330. The van der Waals surface area contributed by atoms with Gasteiger partial charge in [-0.15, -0.1) is 0 Å². The van der Waals surface area contributed by atoms with Crippen molar-refractivity contribution in [3.05, 3.63) is 76.3 Å². The number of aliphatic hydroxyl groups is 1. The summed E-state index contributed by atoms with van der Waals surface area (Å²) in [6.07, 6.45) is 0.911. The van der Waals surface area contributed by atoms with E-state index in [4.69, 9.17) is 11.3 Å². The first kappa shape index (κ1) is 21.1. The fourth-order valence-corrected chi connectivity index (χ4v) is 4.53. The van der Waals surface area contributed by atoms with Gasteiger partial charge < -0.3 is 9.84 Å². The van der Waals surface area contributed by atoms with E-state index in [2.05, 4.69) is 9.83 Å². The number of carbonyl (C=O) groups is 2. The minimum absolute atomic E-state index is 0.0808. The Balaban J connectivity index is 1.27. The topological polar surface area (TPSA) is 87.3 Å². The lowest BCUT2D eigenvalue weighted by molar-refractivity contribution is -0.121. The quantitative estimate of drug-likeness (QED) is 0.493. The predicted octanol–water partition coefficient (Wildman–Crippen LogP) is 3.15. The largest absolute Gasteiger partial charge is 0.457 e. The SMILES string of the molecule is [C-]#[N+]c1ccc2cc(N3CCN(C[C@H](O)c4ccc5c(c4C)COC5=O)CC3=O)ncc2c1. The van der Waals surface area contributed by atoms with Crippen LogP contribution in [0.25, 0.3) is 15.6 Å². The summed E-state index contributed by atoms with van der Waals surface area (Å²) in [5, 5.41) is 12.6. The molecule has 1 atom stereocenters. The molecule has 3 heterocycles. The minimum Gasteiger partial charge on any atom is -0.457 e. The molecule has 1 fully saturated rings. The molecule has 2 aromatic carbocycles. The first-order valence-electron chi connectivity index (χ1n) is 10.7. The lowest BCUT2D eigenvalue weighted by Gasteiger charge is -2.35. The highest BCUT2D eigenvalue weighted by atomic mass is 16.5. The Hall–Kier alpha value is -3.80. The zero-order valence-corrected chi connectivity index (χ0v) is 18.1. The molecule has 0 saturated carbocycles. The Labute approximate surface area is 190 Å². The van der Waals surface area contributed by atoms with Gasteiger partial charge in [-0.2, -0.15) is 0 Å². The summed E-state index contributed by atoms with van der Waals surface area (Å²) in [5.74, 6) is 0.176. The van der Waals surface area contributed by atoms with Crippen LogP contribution in [-0.4, -0.2) is 53.0 Å². The van der Waals surface area contributed by atoms with Crippen molar-refractivity contribution in [1.29, 1.82) is 0 Å². The molecule has 3 aromatic rings. The third-order valence-electron chi connectivity index (χ3n) is 6.39.